The van der Waals surface area contributed by atoms with Crippen molar-refractivity contribution in [1.29, 1.82) is 0 Å². The van der Waals surface area contributed by atoms with Gasteiger partial charge in [-0.15, -0.1) is 0 Å². The zero-order valence-corrected chi connectivity index (χ0v) is 23.0. The van der Waals surface area contributed by atoms with Gasteiger partial charge in [-0.3, -0.25) is 4.79 Å². The topological polar surface area (TPSA) is 83.7 Å². The molecule has 0 atom stereocenters. The van der Waals surface area contributed by atoms with Crippen LogP contribution >= 0.6 is 0 Å². The Kier molecular flexibility index (Phi) is 12.8. The molecular formula is C32H40N2O4. The van der Waals surface area contributed by atoms with Gasteiger partial charge in [0.2, 0.25) is 0 Å². The molecule has 0 heterocycles. The van der Waals surface area contributed by atoms with Crippen LogP contribution in [0.25, 0.3) is 5.57 Å². The third kappa shape index (κ3) is 9.18. The van der Waals surface area contributed by atoms with Gasteiger partial charge in [0.1, 0.15) is 13.1 Å². The third-order valence-electron chi connectivity index (χ3n) is 6.40. The van der Waals surface area contributed by atoms with Crippen molar-refractivity contribution >= 4 is 28.9 Å². The van der Waals surface area contributed by atoms with Crippen LogP contribution in [0, 0.1) is 0 Å². The Bertz CT molecular complexity index is 1130. The highest BCUT2D eigenvalue weighted by Gasteiger charge is 2.14. The van der Waals surface area contributed by atoms with Crippen LogP contribution in [0.3, 0.4) is 0 Å². The zero-order valence-electron chi connectivity index (χ0n) is 23.0. The van der Waals surface area contributed by atoms with E-state index in [4.69, 9.17) is 5.11 Å². The van der Waals surface area contributed by atoms with Gasteiger partial charge >= 0.3 is 5.97 Å². The number of benzene rings is 2. The minimum atomic E-state index is -1.20. The smallest absolute Gasteiger partial charge is 0.303 e. The Balaban J connectivity index is 0.000000484. The Morgan fingerprint density at radius 2 is 1.34 bits per heavy atom. The van der Waals surface area contributed by atoms with Crippen LogP contribution in [0.2, 0.25) is 0 Å². The molecule has 0 bridgehead atoms. The largest absolute Gasteiger partial charge is 0.550 e. The molecule has 1 N–H and O–H groups in total. The molecule has 0 fully saturated rings. The van der Waals surface area contributed by atoms with E-state index in [9.17, 15) is 14.7 Å². The first-order chi connectivity index (χ1) is 18.3. The maximum atomic E-state index is 9.77. The van der Waals surface area contributed by atoms with Gasteiger partial charge in [-0.2, -0.15) is 0 Å². The van der Waals surface area contributed by atoms with Gasteiger partial charge in [-0.1, -0.05) is 42.5 Å². The molecule has 6 nitrogen and oxygen atoms in total. The lowest BCUT2D eigenvalue weighted by molar-refractivity contribution is -0.519. The van der Waals surface area contributed by atoms with Gasteiger partial charge < -0.3 is 19.9 Å². The molecular weight excluding hydrogens is 476 g/mol. The molecule has 0 saturated heterocycles. The Morgan fingerprint density at radius 3 is 1.82 bits per heavy atom. The molecule has 0 aliphatic heterocycles. The molecule has 0 saturated carbocycles. The minimum absolute atomic E-state index is 0.103. The predicted molar refractivity (Wildman–Crippen MR) is 154 cm³/mol. The molecule has 2 aromatic rings. The fourth-order valence-corrected chi connectivity index (χ4v) is 4.34. The summed E-state index contributed by atoms with van der Waals surface area (Å²) in [6.07, 6.45) is 8.88. The molecule has 0 spiro atoms. The second kappa shape index (κ2) is 16.0. The normalized spacial score (nSPS) is 12.0. The summed E-state index contributed by atoms with van der Waals surface area (Å²) >= 11 is 0. The number of anilines is 1. The van der Waals surface area contributed by atoms with Crippen LogP contribution in [0.4, 0.5) is 5.69 Å². The van der Waals surface area contributed by atoms with Crippen molar-refractivity contribution in [1.82, 2.24) is 0 Å². The lowest BCUT2D eigenvalue weighted by Crippen LogP contribution is -2.21. The summed E-state index contributed by atoms with van der Waals surface area (Å²) in [6.45, 7) is 12.9. The number of carbonyl (C=O) groups excluding carboxylic acids is 1. The number of carboxylic acids is 2. The highest BCUT2D eigenvalue weighted by atomic mass is 16.4. The van der Waals surface area contributed by atoms with Crippen LogP contribution in [0.1, 0.15) is 58.1 Å². The average molecular weight is 517 g/mol. The summed E-state index contributed by atoms with van der Waals surface area (Å²) in [5.74, 6) is -2.17. The van der Waals surface area contributed by atoms with Gasteiger partial charge in [0, 0.05) is 43.3 Å². The van der Waals surface area contributed by atoms with E-state index in [1.165, 1.54) is 33.7 Å². The second-order valence-electron chi connectivity index (χ2n) is 8.80. The van der Waals surface area contributed by atoms with Gasteiger partial charge in [0.15, 0.2) is 5.71 Å². The maximum Gasteiger partial charge on any atom is 0.303 e. The van der Waals surface area contributed by atoms with Crippen molar-refractivity contribution in [2.45, 2.75) is 47.0 Å². The maximum absolute atomic E-state index is 9.77. The van der Waals surface area contributed by atoms with Crippen molar-refractivity contribution in [3.8, 4) is 0 Å². The fraction of sp³-hybridized carbons (Fsp3) is 0.344. The van der Waals surface area contributed by atoms with Crippen LogP contribution in [0.5, 0.6) is 0 Å². The number of hydrogen-bond acceptors (Lipinski definition) is 4. The fourth-order valence-electron chi connectivity index (χ4n) is 4.34. The van der Waals surface area contributed by atoms with Crippen molar-refractivity contribution in [2.24, 2.45) is 0 Å². The monoisotopic (exact) mass is 516 g/mol. The number of rotatable bonds is 11. The van der Waals surface area contributed by atoms with Crippen molar-refractivity contribution < 1.29 is 24.4 Å². The highest BCUT2D eigenvalue weighted by Crippen LogP contribution is 2.31. The van der Waals surface area contributed by atoms with E-state index in [0.29, 0.717) is 0 Å². The number of carboxylic acid groups (broad SMARTS) is 2. The lowest BCUT2D eigenvalue weighted by Gasteiger charge is -2.22. The van der Waals surface area contributed by atoms with Crippen molar-refractivity contribution in [2.75, 3.05) is 31.1 Å². The molecule has 6 heteroatoms. The number of aliphatic carboxylic acids is 2. The first-order valence-electron chi connectivity index (χ1n) is 13.4. The molecule has 0 aromatic heterocycles. The first-order valence-corrected chi connectivity index (χ1v) is 13.4. The minimum Gasteiger partial charge on any atom is -0.550 e. The lowest BCUT2D eigenvalue weighted by atomic mass is 9.90. The van der Waals surface area contributed by atoms with Gasteiger partial charge in [-0.25, -0.2) is 4.58 Å². The van der Waals surface area contributed by atoms with E-state index in [0.717, 1.165) is 26.2 Å². The van der Waals surface area contributed by atoms with Crippen LogP contribution in [-0.4, -0.2) is 53.5 Å². The number of nitrogens with zero attached hydrogens (tertiary/aromatic N) is 2. The molecule has 3 rings (SSSR count). The SMILES string of the molecule is CCN(CC)c1ccc(C(=C2C=CC(=[N+](CC)CC)C=C2)c2ccccc2)cc1.O=C([O-])CCCC(=O)O. The molecule has 0 unspecified atom stereocenters. The Hall–Kier alpha value is -3.93. The Morgan fingerprint density at radius 1 is 0.789 bits per heavy atom. The summed E-state index contributed by atoms with van der Waals surface area (Å²) in [4.78, 5) is 21.8. The Labute approximate surface area is 226 Å². The predicted octanol–water partition coefficient (Wildman–Crippen LogP) is 4.95. The van der Waals surface area contributed by atoms with E-state index in [1.807, 2.05) is 0 Å². The van der Waals surface area contributed by atoms with Crippen molar-refractivity contribution in [3.63, 3.8) is 0 Å². The number of carbonyl (C=O) groups is 2. The number of allylic oxidation sites excluding steroid dienone is 5. The third-order valence-corrected chi connectivity index (χ3v) is 6.40. The van der Waals surface area contributed by atoms with E-state index in [2.05, 4.69) is 116 Å². The molecule has 38 heavy (non-hydrogen) atoms. The van der Waals surface area contributed by atoms with E-state index in [-0.39, 0.29) is 19.3 Å². The molecule has 1 aliphatic carbocycles. The van der Waals surface area contributed by atoms with Crippen LogP contribution in [-0.2, 0) is 9.59 Å². The van der Waals surface area contributed by atoms with Crippen molar-refractivity contribution in [3.05, 3.63) is 95.6 Å². The van der Waals surface area contributed by atoms with E-state index < -0.39 is 11.9 Å². The zero-order chi connectivity index (χ0) is 27.9. The molecule has 0 amide bonds. The summed E-state index contributed by atoms with van der Waals surface area (Å²) in [5, 5.41) is 17.7. The molecule has 202 valence electrons. The molecule has 1 aliphatic rings. The van der Waals surface area contributed by atoms with E-state index in [1.54, 1.807) is 0 Å². The summed E-state index contributed by atoms with van der Waals surface area (Å²) in [7, 11) is 0. The standard InChI is InChI=1S/C27H33N2.C5H8O4/c1-5-28(6-2)25-18-14-23(15-19-25)27(22-12-10-9-11-13-22)24-16-20-26(21-17-24)29(7-3)8-4;6-4(7)2-1-3-5(8)9/h9-21H,5-8H2,1-4H3;1-3H2,(H,6,7)(H,8,9)/q+1;/p-1. The summed E-state index contributed by atoms with van der Waals surface area (Å²) < 4.78 is 2.38. The van der Waals surface area contributed by atoms with Crippen LogP contribution < -0.4 is 10.0 Å². The first kappa shape index (κ1) is 30.3. The summed E-state index contributed by atoms with van der Waals surface area (Å²) in [6, 6.07) is 19.7. The highest BCUT2D eigenvalue weighted by molar-refractivity contribution is 6.04. The van der Waals surface area contributed by atoms with Gasteiger partial charge in [0.25, 0.3) is 0 Å². The number of hydrogen-bond donors (Lipinski definition) is 1. The molecule has 2 aromatic carbocycles. The quantitative estimate of drug-likeness (QED) is 0.428. The average Bonchev–Trinajstić information content (AvgIpc) is 2.92. The molecule has 0 radical (unpaired) electrons. The van der Waals surface area contributed by atoms with Gasteiger partial charge in [0.05, 0.1) is 0 Å². The van der Waals surface area contributed by atoms with Gasteiger partial charge in [-0.05, 0) is 87.1 Å². The summed E-state index contributed by atoms with van der Waals surface area (Å²) in [5.41, 5.74) is 7.60. The van der Waals surface area contributed by atoms with Crippen LogP contribution in [0.15, 0.2) is 84.5 Å². The van der Waals surface area contributed by atoms with E-state index >= 15 is 0 Å². The second-order valence-corrected chi connectivity index (χ2v) is 8.80.